The van der Waals surface area contributed by atoms with Gasteiger partial charge >= 0.3 is 0 Å². The Morgan fingerprint density at radius 1 is 1.35 bits per heavy atom. The van der Waals surface area contributed by atoms with Crippen LogP contribution in [0.1, 0.15) is 43.0 Å². The highest BCUT2D eigenvalue weighted by Crippen LogP contribution is 2.42. The molecule has 2 rings (SSSR count). The molecule has 1 unspecified atom stereocenters. The molecule has 0 amide bonds. The van der Waals surface area contributed by atoms with E-state index in [1.165, 1.54) is 23.1 Å². The van der Waals surface area contributed by atoms with E-state index >= 15 is 0 Å². The zero-order chi connectivity index (χ0) is 12.4. The van der Waals surface area contributed by atoms with Crippen molar-refractivity contribution in [3.05, 3.63) is 22.8 Å². The zero-order valence-corrected chi connectivity index (χ0v) is 10.9. The van der Waals surface area contributed by atoms with Crippen LogP contribution in [0.4, 0.5) is 0 Å². The normalized spacial score (nSPS) is 15.5. The van der Waals surface area contributed by atoms with Crippen molar-refractivity contribution in [1.29, 1.82) is 0 Å². The number of fused-ring (bicyclic) bond motifs is 1. The second kappa shape index (κ2) is 4.96. The largest absolute Gasteiger partial charge is 0.493 e. The number of methoxy groups -OCH3 is 1. The summed E-state index contributed by atoms with van der Waals surface area (Å²) in [5.74, 6) is 1.74. The van der Waals surface area contributed by atoms with Crippen LogP contribution in [0.15, 0.2) is 6.07 Å². The molecule has 0 saturated heterocycles. The van der Waals surface area contributed by atoms with Gasteiger partial charge in [-0.1, -0.05) is 0 Å². The molecule has 0 spiro atoms. The van der Waals surface area contributed by atoms with Gasteiger partial charge in [0.1, 0.15) is 0 Å². The Morgan fingerprint density at radius 3 is 2.65 bits per heavy atom. The van der Waals surface area contributed by atoms with Gasteiger partial charge in [-0.3, -0.25) is 0 Å². The van der Waals surface area contributed by atoms with Gasteiger partial charge in [0.15, 0.2) is 11.5 Å². The first-order valence-electron chi connectivity index (χ1n) is 6.30. The van der Waals surface area contributed by atoms with Crippen LogP contribution in [-0.4, -0.2) is 13.7 Å². The van der Waals surface area contributed by atoms with Gasteiger partial charge in [0.2, 0.25) is 0 Å². The van der Waals surface area contributed by atoms with Crippen LogP contribution in [-0.2, 0) is 12.8 Å². The molecule has 2 N–H and O–H groups in total. The summed E-state index contributed by atoms with van der Waals surface area (Å²) in [6.07, 6.45) is 3.36. The van der Waals surface area contributed by atoms with Crippen LogP contribution in [0.3, 0.4) is 0 Å². The summed E-state index contributed by atoms with van der Waals surface area (Å²) in [5.41, 5.74) is 9.93. The van der Waals surface area contributed by atoms with Gasteiger partial charge in [-0.25, -0.2) is 0 Å². The van der Waals surface area contributed by atoms with Crippen LogP contribution >= 0.6 is 0 Å². The fourth-order valence-corrected chi connectivity index (χ4v) is 2.65. The second-order valence-corrected chi connectivity index (χ2v) is 4.53. The van der Waals surface area contributed by atoms with Gasteiger partial charge in [-0.15, -0.1) is 0 Å². The van der Waals surface area contributed by atoms with Gasteiger partial charge in [-0.2, -0.15) is 0 Å². The standard InChI is InChI=1S/C14H21NO2/c1-4-17-13-8-12(9(2)15)10-6-5-7-11(10)14(13)16-3/h8-9H,4-7,15H2,1-3H3. The Bertz CT molecular complexity index is 413. The highest BCUT2D eigenvalue weighted by molar-refractivity contribution is 5.57. The highest BCUT2D eigenvalue weighted by atomic mass is 16.5. The van der Waals surface area contributed by atoms with E-state index in [0.717, 1.165) is 24.3 Å². The zero-order valence-electron chi connectivity index (χ0n) is 10.9. The summed E-state index contributed by atoms with van der Waals surface area (Å²) >= 11 is 0. The van der Waals surface area contributed by atoms with Crippen molar-refractivity contribution in [2.24, 2.45) is 5.73 Å². The first-order chi connectivity index (χ1) is 8.19. The molecular weight excluding hydrogens is 214 g/mol. The molecule has 17 heavy (non-hydrogen) atoms. The maximum Gasteiger partial charge on any atom is 0.164 e. The molecule has 0 aliphatic heterocycles. The van der Waals surface area contributed by atoms with Gasteiger partial charge in [0.25, 0.3) is 0 Å². The Morgan fingerprint density at radius 2 is 2.06 bits per heavy atom. The molecule has 0 aromatic heterocycles. The topological polar surface area (TPSA) is 44.5 Å². The maximum atomic E-state index is 6.05. The smallest absolute Gasteiger partial charge is 0.164 e. The van der Waals surface area contributed by atoms with Crippen molar-refractivity contribution in [1.82, 2.24) is 0 Å². The van der Waals surface area contributed by atoms with Crippen molar-refractivity contribution in [3.63, 3.8) is 0 Å². The molecule has 3 nitrogen and oxygen atoms in total. The average molecular weight is 235 g/mol. The summed E-state index contributed by atoms with van der Waals surface area (Å²) < 4.78 is 11.2. The quantitative estimate of drug-likeness (QED) is 0.872. The molecule has 0 bridgehead atoms. The van der Waals surface area contributed by atoms with Crippen LogP contribution in [0.5, 0.6) is 11.5 Å². The third-order valence-corrected chi connectivity index (χ3v) is 3.35. The van der Waals surface area contributed by atoms with Crippen molar-refractivity contribution >= 4 is 0 Å². The summed E-state index contributed by atoms with van der Waals surface area (Å²) in [6, 6.07) is 2.10. The van der Waals surface area contributed by atoms with E-state index in [1.54, 1.807) is 7.11 Å². The van der Waals surface area contributed by atoms with E-state index in [4.69, 9.17) is 15.2 Å². The lowest BCUT2D eigenvalue weighted by Gasteiger charge is -2.19. The van der Waals surface area contributed by atoms with E-state index in [9.17, 15) is 0 Å². The van der Waals surface area contributed by atoms with Gasteiger partial charge in [0.05, 0.1) is 13.7 Å². The van der Waals surface area contributed by atoms with Crippen LogP contribution in [0.25, 0.3) is 0 Å². The first-order valence-corrected chi connectivity index (χ1v) is 6.30. The average Bonchev–Trinajstić information content (AvgIpc) is 2.76. The van der Waals surface area contributed by atoms with Crippen LogP contribution in [0, 0.1) is 0 Å². The molecule has 0 saturated carbocycles. The van der Waals surface area contributed by atoms with Crippen LogP contribution < -0.4 is 15.2 Å². The summed E-state index contributed by atoms with van der Waals surface area (Å²) in [5, 5.41) is 0. The van der Waals surface area contributed by atoms with Crippen molar-refractivity contribution in [2.45, 2.75) is 39.2 Å². The fraction of sp³-hybridized carbons (Fsp3) is 0.571. The fourth-order valence-electron chi connectivity index (χ4n) is 2.65. The number of rotatable bonds is 4. The minimum Gasteiger partial charge on any atom is -0.493 e. The SMILES string of the molecule is CCOc1cc(C(C)N)c2c(c1OC)CCC2. The Kier molecular flexibility index (Phi) is 3.57. The molecule has 1 aromatic carbocycles. The van der Waals surface area contributed by atoms with E-state index in [2.05, 4.69) is 6.07 Å². The van der Waals surface area contributed by atoms with Gasteiger partial charge < -0.3 is 15.2 Å². The predicted octanol–water partition coefficient (Wildman–Crippen LogP) is 2.60. The Labute approximate surface area is 103 Å². The van der Waals surface area contributed by atoms with Crippen molar-refractivity contribution in [2.75, 3.05) is 13.7 Å². The lowest BCUT2D eigenvalue weighted by atomic mass is 9.97. The van der Waals surface area contributed by atoms with E-state index in [1.807, 2.05) is 13.8 Å². The minimum absolute atomic E-state index is 0.0481. The summed E-state index contributed by atoms with van der Waals surface area (Å²) in [4.78, 5) is 0. The molecule has 94 valence electrons. The van der Waals surface area contributed by atoms with E-state index < -0.39 is 0 Å². The molecule has 0 fully saturated rings. The molecular formula is C14H21NO2. The van der Waals surface area contributed by atoms with Gasteiger partial charge in [0, 0.05) is 11.6 Å². The molecule has 0 heterocycles. The number of ether oxygens (including phenoxy) is 2. The highest BCUT2D eigenvalue weighted by Gasteiger charge is 2.24. The van der Waals surface area contributed by atoms with Crippen LogP contribution in [0.2, 0.25) is 0 Å². The number of hydrogen-bond donors (Lipinski definition) is 1. The number of benzene rings is 1. The van der Waals surface area contributed by atoms with E-state index in [0.29, 0.717) is 6.61 Å². The second-order valence-electron chi connectivity index (χ2n) is 4.53. The Balaban J connectivity index is 2.57. The summed E-state index contributed by atoms with van der Waals surface area (Å²) in [6.45, 7) is 4.65. The molecule has 1 aromatic rings. The minimum atomic E-state index is 0.0481. The first kappa shape index (κ1) is 12.2. The molecule has 1 aliphatic rings. The van der Waals surface area contributed by atoms with Gasteiger partial charge in [-0.05, 0) is 50.3 Å². The lowest BCUT2D eigenvalue weighted by molar-refractivity contribution is 0.308. The third kappa shape index (κ3) is 2.12. The summed E-state index contributed by atoms with van der Waals surface area (Å²) in [7, 11) is 1.71. The van der Waals surface area contributed by atoms with E-state index in [-0.39, 0.29) is 6.04 Å². The Hall–Kier alpha value is -1.22. The number of hydrogen-bond acceptors (Lipinski definition) is 3. The third-order valence-electron chi connectivity index (χ3n) is 3.35. The molecule has 3 heteroatoms. The monoisotopic (exact) mass is 235 g/mol. The lowest BCUT2D eigenvalue weighted by Crippen LogP contribution is -2.10. The number of nitrogens with two attached hydrogens (primary N) is 1. The predicted molar refractivity (Wildman–Crippen MR) is 68.8 cm³/mol. The molecule has 0 radical (unpaired) electrons. The van der Waals surface area contributed by atoms with Crippen molar-refractivity contribution in [3.8, 4) is 11.5 Å². The van der Waals surface area contributed by atoms with Crippen molar-refractivity contribution < 1.29 is 9.47 Å². The molecule has 1 aliphatic carbocycles. The maximum absolute atomic E-state index is 6.05. The molecule has 1 atom stereocenters.